The molecule has 2 aromatic rings. The molecule has 2 aromatic carbocycles. The number of rotatable bonds is 8. The standard InChI is InChI=1S/C22H26NO2/c1-4-10-21(20-14-9-8-13-19(20)15-17(2)3)23-22(24)25-16-18-11-6-5-7-12-18/h4-9,11-14,21H,1,10,15-16H2,2-3H3,(H,23,24)/t21-/m0/s1. The van der Waals surface area contributed by atoms with E-state index in [-0.39, 0.29) is 12.6 Å². The summed E-state index contributed by atoms with van der Waals surface area (Å²) in [6.45, 7) is 8.30. The maximum absolute atomic E-state index is 12.2. The molecule has 0 fully saturated rings. The third kappa shape index (κ3) is 6.11. The minimum atomic E-state index is -0.414. The summed E-state index contributed by atoms with van der Waals surface area (Å²) >= 11 is 0. The van der Waals surface area contributed by atoms with Gasteiger partial charge >= 0.3 is 6.09 Å². The van der Waals surface area contributed by atoms with Crippen molar-refractivity contribution < 1.29 is 9.53 Å². The van der Waals surface area contributed by atoms with Crippen molar-refractivity contribution in [3.63, 3.8) is 0 Å². The molecule has 0 saturated heterocycles. The van der Waals surface area contributed by atoms with Gasteiger partial charge in [-0.3, -0.25) is 0 Å². The van der Waals surface area contributed by atoms with Crippen molar-refractivity contribution in [2.45, 2.75) is 39.3 Å². The number of amides is 1. The Kier molecular flexibility index (Phi) is 7.27. The Balaban J connectivity index is 2.05. The summed E-state index contributed by atoms with van der Waals surface area (Å²) in [7, 11) is 0. The fourth-order valence-electron chi connectivity index (χ4n) is 2.75. The van der Waals surface area contributed by atoms with Crippen LogP contribution >= 0.6 is 0 Å². The lowest BCUT2D eigenvalue weighted by Crippen LogP contribution is -2.29. The minimum absolute atomic E-state index is 0.142. The molecule has 3 nitrogen and oxygen atoms in total. The third-order valence-corrected chi connectivity index (χ3v) is 3.88. The van der Waals surface area contributed by atoms with E-state index in [0.717, 1.165) is 17.5 Å². The summed E-state index contributed by atoms with van der Waals surface area (Å²) in [5.74, 6) is 1.33. The number of carbonyl (C=O) groups is 1. The van der Waals surface area contributed by atoms with Crippen molar-refractivity contribution in [3.8, 4) is 0 Å². The maximum Gasteiger partial charge on any atom is 0.407 e. The van der Waals surface area contributed by atoms with Crippen molar-refractivity contribution >= 4 is 6.09 Å². The highest BCUT2D eigenvalue weighted by molar-refractivity contribution is 5.68. The van der Waals surface area contributed by atoms with Crippen LogP contribution in [0.2, 0.25) is 0 Å². The normalized spacial score (nSPS) is 11.8. The number of ether oxygens (including phenoxy) is 1. The van der Waals surface area contributed by atoms with E-state index in [9.17, 15) is 4.79 Å². The molecule has 0 aliphatic carbocycles. The lowest BCUT2D eigenvalue weighted by atomic mass is 9.92. The topological polar surface area (TPSA) is 38.3 Å². The van der Waals surface area contributed by atoms with Gasteiger partial charge in [-0.1, -0.05) is 74.5 Å². The predicted octanol–water partition coefficient (Wildman–Crippen LogP) is 5.39. The molecule has 1 N–H and O–H groups in total. The van der Waals surface area contributed by atoms with Gasteiger partial charge in [0.2, 0.25) is 0 Å². The molecule has 0 aromatic heterocycles. The Morgan fingerprint density at radius 1 is 1.12 bits per heavy atom. The fourth-order valence-corrected chi connectivity index (χ4v) is 2.75. The second-order valence-electron chi connectivity index (χ2n) is 6.37. The van der Waals surface area contributed by atoms with Gasteiger partial charge in [0.05, 0.1) is 6.04 Å². The van der Waals surface area contributed by atoms with Crippen molar-refractivity contribution in [2.24, 2.45) is 0 Å². The molecule has 0 aliphatic heterocycles. The zero-order valence-electron chi connectivity index (χ0n) is 15.0. The van der Waals surface area contributed by atoms with Gasteiger partial charge in [0.1, 0.15) is 6.61 Å². The molecular formula is C22H26NO2. The monoisotopic (exact) mass is 336 g/mol. The molecule has 25 heavy (non-hydrogen) atoms. The molecule has 0 heterocycles. The van der Waals surface area contributed by atoms with E-state index < -0.39 is 6.09 Å². The van der Waals surface area contributed by atoms with Gasteiger partial charge in [0.15, 0.2) is 0 Å². The van der Waals surface area contributed by atoms with E-state index in [1.807, 2.05) is 48.5 Å². The number of benzene rings is 2. The van der Waals surface area contributed by atoms with E-state index in [4.69, 9.17) is 4.74 Å². The molecular weight excluding hydrogens is 310 g/mol. The molecule has 3 heteroatoms. The van der Waals surface area contributed by atoms with Crippen LogP contribution in [0.4, 0.5) is 4.79 Å². The molecule has 0 saturated carbocycles. The Morgan fingerprint density at radius 3 is 2.48 bits per heavy atom. The van der Waals surface area contributed by atoms with E-state index in [1.54, 1.807) is 0 Å². The fraction of sp³-hybridized carbons (Fsp3) is 0.273. The summed E-state index contributed by atoms with van der Waals surface area (Å²) in [6, 6.07) is 17.7. The van der Waals surface area contributed by atoms with E-state index >= 15 is 0 Å². The predicted molar refractivity (Wildman–Crippen MR) is 102 cm³/mol. The summed E-state index contributed by atoms with van der Waals surface area (Å²) in [5.41, 5.74) is 3.30. The van der Waals surface area contributed by atoms with Crippen molar-refractivity contribution in [1.82, 2.24) is 5.32 Å². The molecule has 131 valence electrons. The summed E-state index contributed by atoms with van der Waals surface area (Å²) in [6.07, 6.45) is 2.95. The van der Waals surface area contributed by atoms with Crippen LogP contribution in [0.5, 0.6) is 0 Å². The van der Waals surface area contributed by atoms with Gasteiger partial charge in [0.25, 0.3) is 0 Å². The first-order valence-corrected chi connectivity index (χ1v) is 8.55. The lowest BCUT2D eigenvalue weighted by Gasteiger charge is -2.21. The third-order valence-electron chi connectivity index (χ3n) is 3.88. The van der Waals surface area contributed by atoms with Crippen LogP contribution in [0.15, 0.2) is 67.3 Å². The number of carbonyl (C=O) groups excluding carboxylic acids is 1. The Morgan fingerprint density at radius 2 is 1.80 bits per heavy atom. The van der Waals surface area contributed by atoms with Crippen molar-refractivity contribution in [2.75, 3.05) is 0 Å². The van der Waals surface area contributed by atoms with Crippen molar-refractivity contribution in [1.29, 1.82) is 0 Å². The zero-order valence-corrected chi connectivity index (χ0v) is 15.0. The molecule has 1 radical (unpaired) electrons. The van der Waals surface area contributed by atoms with Gasteiger partial charge < -0.3 is 10.1 Å². The lowest BCUT2D eigenvalue weighted by molar-refractivity contribution is 0.135. The SMILES string of the molecule is C=CC[C@H](NC(=O)OCc1ccccc1)c1ccccc1C[C](C)C. The molecule has 0 spiro atoms. The largest absolute Gasteiger partial charge is 0.445 e. The number of hydrogen-bond acceptors (Lipinski definition) is 2. The first-order valence-electron chi connectivity index (χ1n) is 8.55. The van der Waals surface area contributed by atoms with E-state index in [2.05, 4.69) is 37.9 Å². The van der Waals surface area contributed by atoms with Crippen LogP contribution in [0, 0.1) is 5.92 Å². The van der Waals surface area contributed by atoms with Crippen LogP contribution in [-0.4, -0.2) is 6.09 Å². The van der Waals surface area contributed by atoms with Gasteiger partial charge in [-0.15, -0.1) is 6.58 Å². The van der Waals surface area contributed by atoms with Crippen molar-refractivity contribution in [3.05, 3.63) is 89.9 Å². The van der Waals surface area contributed by atoms with E-state index in [1.165, 1.54) is 11.5 Å². The number of nitrogens with one attached hydrogen (secondary N) is 1. The van der Waals surface area contributed by atoms with Crippen LogP contribution in [0.3, 0.4) is 0 Å². The average Bonchev–Trinajstić information content (AvgIpc) is 2.60. The van der Waals surface area contributed by atoms with Crippen LogP contribution in [0.25, 0.3) is 0 Å². The van der Waals surface area contributed by atoms with Crippen LogP contribution in [-0.2, 0) is 17.8 Å². The Hall–Kier alpha value is -2.55. The first kappa shape index (κ1) is 18.8. The maximum atomic E-state index is 12.2. The molecule has 2 rings (SSSR count). The van der Waals surface area contributed by atoms with Gasteiger partial charge in [0, 0.05) is 0 Å². The zero-order chi connectivity index (χ0) is 18.1. The Labute approximate surface area is 150 Å². The molecule has 0 aliphatic rings. The van der Waals surface area contributed by atoms with Crippen LogP contribution < -0.4 is 5.32 Å². The number of alkyl carbamates (subject to hydrolysis) is 1. The summed E-state index contributed by atoms with van der Waals surface area (Å²) < 4.78 is 5.36. The highest BCUT2D eigenvalue weighted by Crippen LogP contribution is 2.24. The molecule has 1 amide bonds. The smallest absolute Gasteiger partial charge is 0.407 e. The Bertz CT molecular complexity index is 679. The second kappa shape index (κ2) is 9.67. The highest BCUT2D eigenvalue weighted by Gasteiger charge is 2.17. The summed E-state index contributed by atoms with van der Waals surface area (Å²) in [5, 5.41) is 2.98. The summed E-state index contributed by atoms with van der Waals surface area (Å²) in [4.78, 5) is 12.2. The molecule has 0 unspecified atom stereocenters. The average molecular weight is 336 g/mol. The molecule has 0 bridgehead atoms. The molecule has 1 atom stereocenters. The van der Waals surface area contributed by atoms with Crippen LogP contribution in [0.1, 0.15) is 43.0 Å². The quantitative estimate of drug-likeness (QED) is 0.657. The second-order valence-corrected chi connectivity index (χ2v) is 6.37. The highest BCUT2D eigenvalue weighted by atomic mass is 16.5. The number of hydrogen-bond donors (Lipinski definition) is 1. The van der Waals surface area contributed by atoms with Gasteiger partial charge in [-0.25, -0.2) is 4.79 Å². The van der Waals surface area contributed by atoms with Gasteiger partial charge in [-0.2, -0.15) is 0 Å². The first-order chi connectivity index (χ1) is 12.1. The van der Waals surface area contributed by atoms with Gasteiger partial charge in [-0.05, 0) is 35.4 Å². The minimum Gasteiger partial charge on any atom is -0.445 e. The van der Waals surface area contributed by atoms with E-state index in [0.29, 0.717) is 6.42 Å².